The van der Waals surface area contributed by atoms with E-state index in [4.69, 9.17) is 5.11 Å². The zero-order valence-electron chi connectivity index (χ0n) is 7.34. The summed E-state index contributed by atoms with van der Waals surface area (Å²) in [5, 5.41) is 12.4. The van der Waals surface area contributed by atoms with Crippen molar-refractivity contribution in [2.75, 3.05) is 0 Å². The van der Waals surface area contributed by atoms with Gasteiger partial charge in [0.25, 0.3) is 0 Å². The first-order valence-corrected chi connectivity index (χ1v) is 4.66. The Kier molecular flexibility index (Phi) is 1.65. The van der Waals surface area contributed by atoms with Gasteiger partial charge in [-0.1, -0.05) is 6.42 Å². The quantitative estimate of drug-likeness (QED) is 0.615. The molecule has 0 aromatic heterocycles. The van der Waals surface area contributed by atoms with Gasteiger partial charge in [0.05, 0.1) is 0 Å². The minimum atomic E-state index is -0.644. The first-order chi connectivity index (χ1) is 5.65. The molecule has 2 N–H and O–H groups in total. The molecule has 2 fully saturated rings. The Morgan fingerprint density at radius 3 is 3.00 bits per heavy atom. The Bertz CT molecular complexity index is 217. The molecule has 3 heteroatoms. The van der Waals surface area contributed by atoms with Crippen LogP contribution in [0.1, 0.15) is 32.6 Å². The van der Waals surface area contributed by atoms with E-state index in [-0.39, 0.29) is 0 Å². The second-order valence-corrected chi connectivity index (χ2v) is 4.15. The number of rotatable bonds is 1. The number of hydrogen-bond donors (Lipinski definition) is 2. The van der Waals surface area contributed by atoms with Gasteiger partial charge in [-0.05, 0) is 32.1 Å². The fourth-order valence-electron chi connectivity index (χ4n) is 2.86. The third-order valence-electron chi connectivity index (χ3n) is 3.34. The lowest BCUT2D eigenvalue weighted by atomic mass is 9.89. The Hall–Kier alpha value is -0.570. The van der Waals surface area contributed by atoms with Crippen LogP contribution in [-0.4, -0.2) is 22.7 Å². The number of carboxylic acid groups (broad SMARTS) is 1. The molecule has 0 aromatic rings. The lowest BCUT2D eigenvalue weighted by molar-refractivity contribution is -0.145. The van der Waals surface area contributed by atoms with Gasteiger partial charge in [0.15, 0.2) is 0 Å². The molecule has 3 nitrogen and oxygen atoms in total. The van der Waals surface area contributed by atoms with Crippen LogP contribution in [-0.2, 0) is 4.79 Å². The van der Waals surface area contributed by atoms with Gasteiger partial charge in [0, 0.05) is 6.04 Å². The van der Waals surface area contributed by atoms with Crippen molar-refractivity contribution >= 4 is 5.97 Å². The van der Waals surface area contributed by atoms with Gasteiger partial charge in [-0.2, -0.15) is 0 Å². The van der Waals surface area contributed by atoms with Crippen LogP contribution in [0.15, 0.2) is 0 Å². The first kappa shape index (κ1) is 8.05. The lowest BCUT2D eigenvalue weighted by Gasteiger charge is -2.24. The van der Waals surface area contributed by atoms with Gasteiger partial charge >= 0.3 is 5.97 Å². The molecule has 12 heavy (non-hydrogen) atoms. The molecule has 0 spiro atoms. The van der Waals surface area contributed by atoms with Crippen molar-refractivity contribution in [1.82, 2.24) is 5.32 Å². The molecule has 1 heterocycles. The third kappa shape index (κ3) is 0.891. The molecule has 1 saturated heterocycles. The van der Waals surface area contributed by atoms with Crippen LogP contribution in [0.3, 0.4) is 0 Å². The molecule has 0 radical (unpaired) electrons. The smallest absolute Gasteiger partial charge is 0.324 e. The lowest BCUT2D eigenvalue weighted by Crippen LogP contribution is -2.50. The molecule has 2 rings (SSSR count). The van der Waals surface area contributed by atoms with Crippen LogP contribution in [0.4, 0.5) is 0 Å². The van der Waals surface area contributed by atoms with Crippen molar-refractivity contribution in [3.63, 3.8) is 0 Å². The zero-order valence-corrected chi connectivity index (χ0v) is 7.34. The summed E-state index contributed by atoms with van der Waals surface area (Å²) in [5.74, 6) is -0.264. The molecule has 1 saturated carbocycles. The minimum Gasteiger partial charge on any atom is -0.480 e. The highest BCUT2D eigenvalue weighted by atomic mass is 16.4. The van der Waals surface area contributed by atoms with Gasteiger partial charge in [-0.25, -0.2) is 0 Å². The second kappa shape index (κ2) is 2.46. The summed E-state index contributed by atoms with van der Waals surface area (Å²) < 4.78 is 0. The highest BCUT2D eigenvalue weighted by Gasteiger charge is 2.53. The van der Waals surface area contributed by atoms with Crippen LogP contribution in [0.2, 0.25) is 0 Å². The van der Waals surface area contributed by atoms with Crippen molar-refractivity contribution in [2.45, 2.75) is 44.2 Å². The van der Waals surface area contributed by atoms with Gasteiger partial charge < -0.3 is 5.11 Å². The number of carboxylic acids is 1. The van der Waals surface area contributed by atoms with E-state index in [9.17, 15) is 4.79 Å². The number of nitrogens with one attached hydrogen (secondary N) is 1. The van der Waals surface area contributed by atoms with E-state index in [0.29, 0.717) is 12.0 Å². The van der Waals surface area contributed by atoms with Crippen molar-refractivity contribution in [3.8, 4) is 0 Å². The van der Waals surface area contributed by atoms with E-state index in [0.717, 1.165) is 25.7 Å². The molecule has 0 amide bonds. The van der Waals surface area contributed by atoms with Crippen molar-refractivity contribution in [2.24, 2.45) is 5.92 Å². The van der Waals surface area contributed by atoms with Crippen LogP contribution in [0.5, 0.6) is 0 Å². The average Bonchev–Trinajstić information content (AvgIpc) is 2.42. The van der Waals surface area contributed by atoms with Crippen LogP contribution >= 0.6 is 0 Å². The summed E-state index contributed by atoms with van der Waals surface area (Å²) in [6.07, 6.45) is 4.00. The molecule has 1 aliphatic heterocycles. The Labute approximate surface area is 72.2 Å². The average molecular weight is 169 g/mol. The monoisotopic (exact) mass is 169 g/mol. The van der Waals surface area contributed by atoms with Crippen LogP contribution < -0.4 is 5.32 Å². The minimum absolute atomic E-state index is 0.380. The SMILES string of the molecule is C[C@H]1C[C@H]2CCC[C@@]2(C(=O)O)N1. The first-order valence-electron chi connectivity index (χ1n) is 4.66. The Morgan fingerprint density at radius 1 is 1.67 bits per heavy atom. The van der Waals surface area contributed by atoms with Crippen molar-refractivity contribution in [1.29, 1.82) is 0 Å². The maximum atomic E-state index is 11.1. The molecule has 68 valence electrons. The number of hydrogen-bond acceptors (Lipinski definition) is 2. The van der Waals surface area contributed by atoms with Gasteiger partial charge in [-0.3, -0.25) is 10.1 Å². The molecule has 1 aliphatic carbocycles. The number of carbonyl (C=O) groups is 1. The summed E-state index contributed by atoms with van der Waals surface area (Å²) in [4.78, 5) is 11.1. The Balaban J connectivity index is 2.26. The maximum absolute atomic E-state index is 11.1. The van der Waals surface area contributed by atoms with Crippen LogP contribution in [0, 0.1) is 5.92 Å². The third-order valence-corrected chi connectivity index (χ3v) is 3.34. The van der Waals surface area contributed by atoms with Crippen molar-refractivity contribution in [3.05, 3.63) is 0 Å². The van der Waals surface area contributed by atoms with Crippen LogP contribution in [0.25, 0.3) is 0 Å². The van der Waals surface area contributed by atoms with Gasteiger partial charge in [0.2, 0.25) is 0 Å². The predicted octanol–water partition coefficient (Wildman–Crippen LogP) is 0.992. The van der Waals surface area contributed by atoms with E-state index < -0.39 is 11.5 Å². The highest BCUT2D eigenvalue weighted by molar-refractivity contribution is 5.80. The summed E-state index contributed by atoms with van der Waals surface area (Å²) in [7, 11) is 0. The summed E-state index contributed by atoms with van der Waals surface area (Å²) >= 11 is 0. The fourth-order valence-corrected chi connectivity index (χ4v) is 2.86. The fraction of sp³-hybridized carbons (Fsp3) is 0.889. The predicted molar refractivity (Wildman–Crippen MR) is 44.9 cm³/mol. The van der Waals surface area contributed by atoms with E-state index >= 15 is 0 Å². The summed E-state index contributed by atoms with van der Waals surface area (Å²) in [6.45, 7) is 2.07. The van der Waals surface area contributed by atoms with E-state index in [2.05, 4.69) is 12.2 Å². The van der Waals surface area contributed by atoms with E-state index in [1.54, 1.807) is 0 Å². The topological polar surface area (TPSA) is 49.3 Å². The van der Waals surface area contributed by atoms with Crippen molar-refractivity contribution < 1.29 is 9.90 Å². The molecule has 2 aliphatic rings. The maximum Gasteiger partial charge on any atom is 0.324 e. The number of fused-ring (bicyclic) bond motifs is 1. The van der Waals surface area contributed by atoms with Gasteiger partial charge in [0.1, 0.15) is 5.54 Å². The van der Waals surface area contributed by atoms with E-state index in [1.165, 1.54) is 0 Å². The van der Waals surface area contributed by atoms with E-state index in [1.807, 2.05) is 0 Å². The summed E-state index contributed by atoms with van der Waals surface area (Å²) in [6, 6.07) is 0.381. The van der Waals surface area contributed by atoms with Gasteiger partial charge in [-0.15, -0.1) is 0 Å². The summed E-state index contributed by atoms with van der Waals surface area (Å²) in [5.41, 5.74) is -0.556. The molecule has 0 bridgehead atoms. The zero-order chi connectivity index (χ0) is 8.77. The molecular weight excluding hydrogens is 154 g/mol. The molecular formula is C9H15NO2. The number of aliphatic carboxylic acids is 1. The molecule has 3 atom stereocenters. The standard InChI is InChI=1S/C9H15NO2/c1-6-5-7-3-2-4-9(7,10-6)8(11)12/h6-7,10H,2-5H2,1H3,(H,11,12)/t6-,7+,9+/m0/s1. The normalized spacial score (nSPS) is 46.1. The highest BCUT2D eigenvalue weighted by Crippen LogP contribution is 2.43. The molecule has 0 unspecified atom stereocenters. The largest absolute Gasteiger partial charge is 0.480 e. The molecule has 0 aromatic carbocycles. The second-order valence-electron chi connectivity index (χ2n) is 4.15. The Morgan fingerprint density at radius 2 is 2.42 bits per heavy atom.